The number of hydrazine groups is 1. The highest BCUT2D eigenvalue weighted by molar-refractivity contribution is 5.54. The summed E-state index contributed by atoms with van der Waals surface area (Å²) in [5, 5.41) is 1.31. The van der Waals surface area contributed by atoms with Gasteiger partial charge in [0, 0.05) is 0 Å². The Morgan fingerprint density at radius 1 is 1.04 bits per heavy atom. The Bertz CT molecular complexity index is 905. The fourth-order valence-corrected chi connectivity index (χ4v) is 2.61. The third-order valence-corrected chi connectivity index (χ3v) is 3.84. The number of nitrogens with zero attached hydrogens (tertiary/aromatic N) is 4. The highest BCUT2D eigenvalue weighted by Crippen LogP contribution is 2.18. The summed E-state index contributed by atoms with van der Waals surface area (Å²) in [7, 11) is 0. The van der Waals surface area contributed by atoms with E-state index < -0.39 is 5.69 Å². The van der Waals surface area contributed by atoms with Crippen LogP contribution in [-0.4, -0.2) is 14.5 Å². The van der Waals surface area contributed by atoms with Crippen LogP contribution >= 0.6 is 0 Å². The zero-order valence-corrected chi connectivity index (χ0v) is 13.7. The molecule has 0 atom stereocenters. The van der Waals surface area contributed by atoms with Crippen LogP contribution in [0.25, 0.3) is 5.69 Å². The van der Waals surface area contributed by atoms with Crippen molar-refractivity contribution in [1.29, 1.82) is 0 Å². The SMILES string of the molecule is CCc1ccccc1-n1c(C)nc(N(N)c2ccccc2)nc1=O. The van der Waals surface area contributed by atoms with Crippen molar-refractivity contribution >= 4 is 11.6 Å². The van der Waals surface area contributed by atoms with Crippen molar-refractivity contribution in [2.24, 2.45) is 5.84 Å². The van der Waals surface area contributed by atoms with Crippen LogP contribution in [0.3, 0.4) is 0 Å². The van der Waals surface area contributed by atoms with E-state index in [1.54, 1.807) is 6.92 Å². The summed E-state index contributed by atoms with van der Waals surface area (Å²) < 4.78 is 1.52. The molecule has 2 N–H and O–H groups in total. The molecular formula is C18H19N5O. The highest BCUT2D eigenvalue weighted by atomic mass is 16.1. The first-order valence-electron chi connectivity index (χ1n) is 7.77. The molecule has 0 radical (unpaired) electrons. The molecule has 1 heterocycles. The summed E-state index contributed by atoms with van der Waals surface area (Å²) in [6.45, 7) is 3.82. The third-order valence-electron chi connectivity index (χ3n) is 3.84. The van der Waals surface area contributed by atoms with Gasteiger partial charge in [-0.25, -0.2) is 20.2 Å². The van der Waals surface area contributed by atoms with E-state index in [9.17, 15) is 4.79 Å². The smallest absolute Gasteiger partial charge is 0.248 e. The van der Waals surface area contributed by atoms with Crippen LogP contribution in [0.15, 0.2) is 59.4 Å². The predicted octanol–water partition coefficient (Wildman–Crippen LogP) is 2.51. The van der Waals surface area contributed by atoms with Gasteiger partial charge in [0.05, 0.1) is 11.4 Å². The molecule has 1 aromatic heterocycles. The Hall–Kier alpha value is -2.99. The molecule has 2 aromatic carbocycles. The number of hydrogen-bond acceptors (Lipinski definition) is 5. The number of benzene rings is 2. The lowest BCUT2D eigenvalue weighted by Crippen LogP contribution is -2.33. The fraction of sp³-hybridized carbons (Fsp3) is 0.167. The molecule has 0 aliphatic rings. The van der Waals surface area contributed by atoms with Gasteiger partial charge in [0.1, 0.15) is 5.82 Å². The van der Waals surface area contributed by atoms with Gasteiger partial charge >= 0.3 is 5.69 Å². The van der Waals surface area contributed by atoms with Crippen LogP contribution in [0, 0.1) is 6.92 Å². The molecule has 0 saturated heterocycles. The minimum Gasteiger partial charge on any atom is -0.248 e. The lowest BCUT2D eigenvalue weighted by Gasteiger charge is -2.18. The summed E-state index contributed by atoms with van der Waals surface area (Å²) >= 11 is 0. The Morgan fingerprint density at radius 2 is 1.71 bits per heavy atom. The first kappa shape index (κ1) is 15.9. The maximum Gasteiger partial charge on any atom is 0.356 e. The summed E-state index contributed by atoms with van der Waals surface area (Å²) in [5.74, 6) is 6.77. The maximum atomic E-state index is 12.6. The van der Waals surface area contributed by atoms with Gasteiger partial charge in [0.15, 0.2) is 0 Å². The van der Waals surface area contributed by atoms with Crippen LogP contribution < -0.4 is 16.5 Å². The van der Waals surface area contributed by atoms with Gasteiger partial charge in [-0.2, -0.15) is 9.97 Å². The van der Waals surface area contributed by atoms with Crippen molar-refractivity contribution < 1.29 is 0 Å². The van der Waals surface area contributed by atoms with Gasteiger partial charge < -0.3 is 0 Å². The van der Waals surface area contributed by atoms with Crippen LogP contribution in [0.4, 0.5) is 11.6 Å². The van der Waals surface area contributed by atoms with Crippen LogP contribution in [-0.2, 0) is 6.42 Å². The molecular weight excluding hydrogens is 302 g/mol. The topological polar surface area (TPSA) is 77.0 Å². The number of aromatic nitrogens is 3. The summed E-state index contributed by atoms with van der Waals surface area (Å²) in [5.41, 5.74) is 2.18. The fourth-order valence-electron chi connectivity index (χ4n) is 2.61. The normalized spacial score (nSPS) is 10.6. The first-order valence-corrected chi connectivity index (χ1v) is 7.77. The average molecular weight is 321 g/mol. The molecule has 0 saturated carbocycles. The lowest BCUT2D eigenvalue weighted by atomic mass is 10.1. The molecule has 0 unspecified atom stereocenters. The summed E-state index contributed by atoms with van der Waals surface area (Å²) in [6, 6.07) is 17.0. The highest BCUT2D eigenvalue weighted by Gasteiger charge is 2.14. The van der Waals surface area contributed by atoms with Gasteiger partial charge in [0.2, 0.25) is 0 Å². The number of nitrogens with two attached hydrogens (primary N) is 1. The van der Waals surface area contributed by atoms with Crippen molar-refractivity contribution in [3.8, 4) is 5.69 Å². The Balaban J connectivity index is 2.09. The molecule has 0 amide bonds. The van der Waals surface area contributed by atoms with E-state index in [4.69, 9.17) is 5.84 Å². The second-order valence-corrected chi connectivity index (χ2v) is 5.38. The second kappa shape index (κ2) is 6.64. The van der Waals surface area contributed by atoms with E-state index in [0.717, 1.165) is 17.7 Å². The molecule has 0 bridgehead atoms. The lowest BCUT2D eigenvalue weighted by molar-refractivity contribution is 0.784. The van der Waals surface area contributed by atoms with Crippen molar-refractivity contribution in [3.63, 3.8) is 0 Å². The molecule has 6 heteroatoms. The Kier molecular flexibility index (Phi) is 4.39. The summed E-state index contributed by atoms with van der Waals surface area (Å²) in [4.78, 5) is 21.1. The van der Waals surface area contributed by atoms with Gasteiger partial charge in [-0.3, -0.25) is 0 Å². The van der Waals surface area contributed by atoms with E-state index >= 15 is 0 Å². The molecule has 0 fully saturated rings. The zero-order valence-electron chi connectivity index (χ0n) is 13.7. The van der Waals surface area contributed by atoms with E-state index in [1.807, 2.05) is 61.5 Å². The van der Waals surface area contributed by atoms with E-state index in [-0.39, 0.29) is 5.95 Å². The number of rotatable bonds is 4. The van der Waals surface area contributed by atoms with Crippen molar-refractivity contribution in [2.75, 3.05) is 5.01 Å². The van der Waals surface area contributed by atoms with Crippen molar-refractivity contribution in [1.82, 2.24) is 14.5 Å². The minimum absolute atomic E-state index is 0.175. The van der Waals surface area contributed by atoms with Gasteiger partial charge in [-0.05, 0) is 37.1 Å². The standard InChI is InChI=1S/C18H19N5O/c1-3-14-9-7-8-12-16(14)22-13(2)20-17(21-18(22)24)23(19)15-10-5-4-6-11-15/h4-12H,3,19H2,1-2H3. The van der Waals surface area contributed by atoms with Gasteiger partial charge in [0.25, 0.3) is 5.95 Å². The zero-order chi connectivity index (χ0) is 17.1. The largest absolute Gasteiger partial charge is 0.356 e. The quantitative estimate of drug-likeness (QED) is 0.590. The van der Waals surface area contributed by atoms with Crippen molar-refractivity contribution in [2.45, 2.75) is 20.3 Å². The molecule has 0 aliphatic heterocycles. The maximum absolute atomic E-state index is 12.6. The molecule has 0 aliphatic carbocycles. The molecule has 6 nitrogen and oxygen atoms in total. The van der Waals surface area contributed by atoms with E-state index in [1.165, 1.54) is 9.58 Å². The van der Waals surface area contributed by atoms with Crippen LogP contribution in [0.1, 0.15) is 18.3 Å². The molecule has 3 aromatic rings. The minimum atomic E-state index is -0.398. The monoisotopic (exact) mass is 321 g/mol. The van der Waals surface area contributed by atoms with Crippen LogP contribution in [0.2, 0.25) is 0 Å². The number of hydrogen-bond donors (Lipinski definition) is 1. The third kappa shape index (κ3) is 2.91. The summed E-state index contributed by atoms with van der Waals surface area (Å²) in [6.07, 6.45) is 0.816. The first-order chi connectivity index (χ1) is 11.6. The average Bonchev–Trinajstić information content (AvgIpc) is 2.61. The van der Waals surface area contributed by atoms with Gasteiger partial charge in [-0.15, -0.1) is 0 Å². The molecule has 122 valence electrons. The van der Waals surface area contributed by atoms with Gasteiger partial charge in [-0.1, -0.05) is 43.3 Å². The Morgan fingerprint density at radius 3 is 2.38 bits per heavy atom. The van der Waals surface area contributed by atoms with E-state index in [0.29, 0.717) is 11.5 Å². The molecule has 0 spiro atoms. The van der Waals surface area contributed by atoms with E-state index in [2.05, 4.69) is 9.97 Å². The number of para-hydroxylation sites is 2. The number of anilines is 2. The van der Waals surface area contributed by atoms with Crippen molar-refractivity contribution in [3.05, 3.63) is 76.5 Å². The molecule has 24 heavy (non-hydrogen) atoms. The number of aryl methyl sites for hydroxylation is 2. The van der Waals surface area contributed by atoms with Crippen LogP contribution in [0.5, 0.6) is 0 Å². The second-order valence-electron chi connectivity index (χ2n) is 5.38. The predicted molar refractivity (Wildman–Crippen MR) is 94.5 cm³/mol. The Labute approximate surface area is 140 Å². The molecule has 3 rings (SSSR count).